The Morgan fingerprint density at radius 1 is 1.27 bits per heavy atom. The summed E-state index contributed by atoms with van der Waals surface area (Å²) in [5.41, 5.74) is 2.34. The fourth-order valence-electron chi connectivity index (χ4n) is 2.81. The molecule has 2 unspecified atom stereocenters. The summed E-state index contributed by atoms with van der Waals surface area (Å²) in [6, 6.07) is 0. The molecule has 0 radical (unpaired) electrons. The minimum Gasteiger partial charge on any atom is -0.389 e. The third kappa shape index (κ3) is 6.86. The lowest BCUT2D eigenvalue weighted by molar-refractivity contribution is -0.00187. The van der Waals surface area contributed by atoms with E-state index in [1.165, 1.54) is 5.57 Å². The van der Waals surface area contributed by atoms with Crippen molar-refractivity contribution in [1.29, 1.82) is 0 Å². The van der Waals surface area contributed by atoms with Crippen LogP contribution in [0.2, 0.25) is 0 Å². The average Bonchev–Trinajstić information content (AvgIpc) is 2.50. The molecule has 1 aliphatic rings. The Morgan fingerprint density at radius 3 is 2.73 bits per heavy atom. The van der Waals surface area contributed by atoms with E-state index in [4.69, 9.17) is 9.84 Å². The molecule has 0 aromatic rings. The van der Waals surface area contributed by atoms with Crippen molar-refractivity contribution < 1.29 is 14.9 Å². The van der Waals surface area contributed by atoms with Gasteiger partial charge in [0.25, 0.3) is 0 Å². The molecule has 126 valence electrons. The highest BCUT2D eigenvalue weighted by molar-refractivity contribution is 5.84. The highest BCUT2D eigenvalue weighted by atomic mass is 16.5. The molecule has 0 saturated heterocycles. The molecule has 1 rings (SSSR count). The number of methoxy groups -OCH3 is 1. The van der Waals surface area contributed by atoms with Gasteiger partial charge < -0.3 is 14.9 Å². The van der Waals surface area contributed by atoms with Crippen LogP contribution in [0.3, 0.4) is 0 Å². The molecule has 0 aromatic carbocycles. The highest BCUT2D eigenvalue weighted by Crippen LogP contribution is 2.19. The summed E-state index contributed by atoms with van der Waals surface area (Å²) < 4.78 is 5.41. The largest absolute Gasteiger partial charge is 0.389 e. The molecule has 22 heavy (non-hydrogen) atoms. The van der Waals surface area contributed by atoms with Gasteiger partial charge in [-0.25, -0.2) is 0 Å². The molecular formula is C18H31NO3. The molecule has 0 saturated carbocycles. The standard InChI is InChI=1S/C18H31NO3/c1-14-10-11-16(19-13-20)8-6-4-5-7-9-17(22-3)18(21)15(2)12-14/h7,9,12,15,17-18,20-21H,4-6,8,10-11,13H2,1-3H3/b9-7+,14-12-,19-16?/t15?,17?,18-/m0/s1. The van der Waals surface area contributed by atoms with Gasteiger partial charge >= 0.3 is 0 Å². The van der Waals surface area contributed by atoms with E-state index in [9.17, 15) is 5.11 Å². The number of nitrogens with zero attached hydrogens (tertiary/aromatic N) is 1. The summed E-state index contributed by atoms with van der Waals surface area (Å²) in [4.78, 5) is 4.20. The molecule has 0 amide bonds. The Morgan fingerprint density at radius 2 is 2.05 bits per heavy atom. The van der Waals surface area contributed by atoms with Crippen LogP contribution >= 0.6 is 0 Å². The molecule has 0 aromatic heterocycles. The number of aliphatic imine (C=N–C) groups is 1. The maximum absolute atomic E-state index is 10.4. The first-order valence-corrected chi connectivity index (χ1v) is 8.26. The smallest absolute Gasteiger partial charge is 0.134 e. The van der Waals surface area contributed by atoms with Gasteiger partial charge in [0, 0.05) is 18.7 Å². The molecule has 4 nitrogen and oxygen atoms in total. The second-order valence-electron chi connectivity index (χ2n) is 6.10. The Hall–Kier alpha value is -0.970. The van der Waals surface area contributed by atoms with Gasteiger partial charge in [0.2, 0.25) is 0 Å². The van der Waals surface area contributed by atoms with E-state index in [1.54, 1.807) is 7.11 Å². The summed E-state index contributed by atoms with van der Waals surface area (Å²) >= 11 is 0. The summed E-state index contributed by atoms with van der Waals surface area (Å²) in [5, 5.41) is 19.5. The van der Waals surface area contributed by atoms with E-state index in [0.29, 0.717) is 0 Å². The molecule has 0 heterocycles. The van der Waals surface area contributed by atoms with Gasteiger partial charge in [-0.15, -0.1) is 0 Å². The zero-order valence-electron chi connectivity index (χ0n) is 14.2. The third-order valence-electron chi connectivity index (χ3n) is 4.21. The Bertz CT molecular complexity index is 401. The van der Waals surface area contributed by atoms with Crippen molar-refractivity contribution in [3.8, 4) is 0 Å². The van der Waals surface area contributed by atoms with E-state index in [2.05, 4.69) is 24.1 Å². The predicted octanol–water partition coefficient (Wildman–Crippen LogP) is 3.25. The number of allylic oxidation sites excluding steroid dienone is 2. The van der Waals surface area contributed by atoms with Gasteiger partial charge in [-0.2, -0.15) is 0 Å². The van der Waals surface area contributed by atoms with Crippen LogP contribution in [-0.2, 0) is 4.74 Å². The van der Waals surface area contributed by atoms with Gasteiger partial charge in [-0.3, -0.25) is 4.99 Å². The zero-order valence-corrected chi connectivity index (χ0v) is 14.2. The van der Waals surface area contributed by atoms with Crippen LogP contribution in [0.25, 0.3) is 0 Å². The molecule has 0 fully saturated rings. The summed E-state index contributed by atoms with van der Waals surface area (Å²) in [6.45, 7) is 3.98. The van der Waals surface area contributed by atoms with Crippen molar-refractivity contribution in [2.24, 2.45) is 10.9 Å². The van der Waals surface area contributed by atoms with Crippen LogP contribution in [-0.4, -0.2) is 42.0 Å². The van der Waals surface area contributed by atoms with Crippen LogP contribution in [0.1, 0.15) is 52.4 Å². The minimum absolute atomic E-state index is 0.0378. The topological polar surface area (TPSA) is 62.0 Å². The van der Waals surface area contributed by atoms with Crippen molar-refractivity contribution in [2.75, 3.05) is 13.8 Å². The number of rotatable bonds is 2. The Balaban J connectivity index is 2.83. The van der Waals surface area contributed by atoms with Crippen molar-refractivity contribution in [3.63, 3.8) is 0 Å². The average molecular weight is 309 g/mol. The van der Waals surface area contributed by atoms with E-state index in [0.717, 1.165) is 44.2 Å². The number of ether oxygens (including phenoxy) is 1. The van der Waals surface area contributed by atoms with Crippen molar-refractivity contribution in [3.05, 3.63) is 23.8 Å². The maximum Gasteiger partial charge on any atom is 0.134 e. The minimum atomic E-state index is -0.537. The normalized spacial score (nSPS) is 34.7. The number of hydrogen-bond donors (Lipinski definition) is 2. The lowest BCUT2D eigenvalue weighted by Gasteiger charge is -2.23. The van der Waals surface area contributed by atoms with E-state index in [-0.39, 0.29) is 18.8 Å². The fraction of sp³-hybridized carbons (Fsp3) is 0.722. The molecule has 0 spiro atoms. The van der Waals surface area contributed by atoms with Crippen LogP contribution in [0.4, 0.5) is 0 Å². The summed E-state index contributed by atoms with van der Waals surface area (Å²) in [6.07, 6.45) is 11.3. The van der Waals surface area contributed by atoms with Crippen LogP contribution in [0, 0.1) is 5.92 Å². The quantitative estimate of drug-likeness (QED) is 0.770. The lowest BCUT2D eigenvalue weighted by Crippen LogP contribution is -2.31. The highest BCUT2D eigenvalue weighted by Gasteiger charge is 2.21. The molecule has 1 aliphatic carbocycles. The number of aliphatic hydroxyl groups is 2. The molecule has 2 N–H and O–H groups in total. The van der Waals surface area contributed by atoms with Gasteiger partial charge in [0.15, 0.2) is 0 Å². The van der Waals surface area contributed by atoms with Gasteiger partial charge in [-0.1, -0.05) is 30.7 Å². The van der Waals surface area contributed by atoms with E-state index >= 15 is 0 Å². The van der Waals surface area contributed by atoms with Gasteiger partial charge in [0.05, 0.1) is 6.10 Å². The Labute approximate surface area is 134 Å². The molecular weight excluding hydrogens is 278 g/mol. The van der Waals surface area contributed by atoms with Gasteiger partial charge in [0.1, 0.15) is 12.8 Å². The first kappa shape index (κ1) is 19.1. The second kappa shape index (κ2) is 10.7. The van der Waals surface area contributed by atoms with E-state index in [1.807, 2.05) is 13.0 Å². The van der Waals surface area contributed by atoms with Crippen molar-refractivity contribution in [1.82, 2.24) is 0 Å². The fourth-order valence-corrected chi connectivity index (χ4v) is 2.81. The van der Waals surface area contributed by atoms with Crippen molar-refractivity contribution in [2.45, 2.75) is 64.6 Å². The molecule has 4 heteroatoms. The first-order valence-electron chi connectivity index (χ1n) is 8.26. The summed E-state index contributed by atoms with van der Waals surface area (Å²) in [5.74, 6) is 0.0378. The lowest BCUT2D eigenvalue weighted by atomic mass is 9.94. The monoisotopic (exact) mass is 309 g/mol. The van der Waals surface area contributed by atoms with Crippen LogP contribution in [0.15, 0.2) is 28.8 Å². The first-order chi connectivity index (χ1) is 10.6. The SMILES string of the molecule is COC1/C=C/CCCCC(=NCO)CC/C(C)=C\C(C)[C@@H]1O. The molecule has 0 aliphatic heterocycles. The Kier molecular flexibility index (Phi) is 9.28. The van der Waals surface area contributed by atoms with Gasteiger partial charge in [-0.05, 0) is 45.4 Å². The zero-order chi connectivity index (χ0) is 16.4. The number of hydrogen-bond acceptors (Lipinski definition) is 4. The molecule has 3 atom stereocenters. The van der Waals surface area contributed by atoms with Crippen molar-refractivity contribution >= 4 is 5.71 Å². The van der Waals surface area contributed by atoms with Crippen LogP contribution in [0.5, 0.6) is 0 Å². The van der Waals surface area contributed by atoms with E-state index < -0.39 is 6.10 Å². The maximum atomic E-state index is 10.4. The third-order valence-corrected chi connectivity index (χ3v) is 4.21. The molecule has 0 bridgehead atoms. The summed E-state index contributed by atoms with van der Waals surface area (Å²) in [7, 11) is 1.64. The van der Waals surface area contributed by atoms with Crippen LogP contribution < -0.4 is 0 Å². The second-order valence-corrected chi connectivity index (χ2v) is 6.10. The predicted molar refractivity (Wildman–Crippen MR) is 91.1 cm³/mol. The number of aliphatic hydroxyl groups excluding tert-OH is 2.